The molecule has 1 rings (SSSR count). The summed E-state index contributed by atoms with van der Waals surface area (Å²) in [7, 11) is 1.79. The zero-order valence-corrected chi connectivity index (χ0v) is 10.7. The van der Waals surface area contributed by atoms with E-state index >= 15 is 0 Å². The van der Waals surface area contributed by atoms with Gasteiger partial charge < -0.3 is 10.6 Å². The van der Waals surface area contributed by atoms with Crippen molar-refractivity contribution in [3.8, 4) is 0 Å². The molecule has 0 unspecified atom stereocenters. The van der Waals surface area contributed by atoms with E-state index in [1.807, 2.05) is 24.4 Å². The number of pyridine rings is 1. The van der Waals surface area contributed by atoms with E-state index in [1.165, 1.54) is 12.8 Å². The molecule has 4 heteroatoms. The fraction of sp³-hybridized carbons (Fsp3) is 0.538. The first-order chi connectivity index (χ1) is 8.36. The van der Waals surface area contributed by atoms with Gasteiger partial charge in [-0.05, 0) is 18.6 Å². The van der Waals surface area contributed by atoms with E-state index in [-0.39, 0.29) is 0 Å². The third-order valence-electron chi connectivity index (χ3n) is 2.45. The molecular formula is C13H22N4. The van der Waals surface area contributed by atoms with Gasteiger partial charge in [-0.2, -0.15) is 0 Å². The Balaban J connectivity index is 2.20. The van der Waals surface area contributed by atoms with Crippen LogP contribution in [0.5, 0.6) is 0 Å². The molecule has 4 nitrogen and oxygen atoms in total. The summed E-state index contributed by atoms with van der Waals surface area (Å²) in [5, 5.41) is 6.55. The van der Waals surface area contributed by atoms with Crippen molar-refractivity contribution >= 4 is 5.96 Å². The summed E-state index contributed by atoms with van der Waals surface area (Å²) in [6, 6.07) is 5.98. The van der Waals surface area contributed by atoms with Crippen LogP contribution >= 0.6 is 0 Å². The Morgan fingerprint density at radius 3 is 2.76 bits per heavy atom. The number of guanidine groups is 1. The van der Waals surface area contributed by atoms with Crippen molar-refractivity contribution < 1.29 is 0 Å². The minimum Gasteiger partial charge on any atom is -0.356 e. The van der Waals surface area contributed by atoms with Crippen molar-refractivity contribution in [2.45, 2.75) is 26.2 Å². The van der Waals surface area contributed by atoms with Crippen molar-refractivity contribution in [1.29, 1.82) is 0 Å². The number of aromatic nitrogens is 1. The maximum Gasteiger partial charge on any atom is 0.190 e. The zero-order valence-electron chi connectivity index (χ0n) is 10.7. The third kappa shape index (κ3) is 5.90. The number of hydrogen-bond acceptors (Lipinski definition) is 2. The van der Waals surface area contributed by atoms with E-state index < -0.39 is 0 Å². The van der Waals surface area contributed by atoms with E-state index in [1.54, 1.807) is 7.05 Å². The van der Waals surface area contributed by atoms with Crippen LogP contribution in [0.2, 0.25) is 0 Å². The molecular weight excluding hydrogens is 212 g/mol. The van der Waals surface area contributed by atoms with Gasteiger partial charge in [0.2, 0.25) is 0 Å². The van der Waals surface area contributed by atoms with Gasteiger partial charge in [0, 0.05) is 38.4 Å². The van der Waals surface area contributed by atoms with Crippen molar-refractivity contribution in [3.05, 3.63) is 30.1 Å². The van der Waals surface area contributed by atoms with Crippen LogP contribution < -0.4 is 10.6 Å². The predicted molar refractivity (Wildman–Crippen MR) is 72.2 cm³/mol. The van der Waals surface area contributed by atoms with Gasteiger partial charge in [0.25, 0.3) is 0 Å². The monoisotopic (exact) mass is 234 g/mol. The van der Waals surface area contributed by atoms with Crippen LogP contribution in [0.3, 0.4) is 0 Å². The first kappa shape index (κ1) is 13.5. The molecule has 0 aliphatic carbocycles. The fourth-order valence-electron chi connectivity index (χ4n) is 1.46. The molecule has 0 saturated carbocycles. The van der Waals surface area contributed by atoms with E-state index in [2.05, 4.69) is 27.5 Å². The molecule has 0 radical (unpaired) electrons. The van der Waals surface area contributed by atoms with E-state index in [4.69, 9.17) is 0 Å². The molecule has 0 aliphatic rings. The summed E-state index contributed by atoms with van der Waals surface area (Å²) in [5.74, 6) is 0.870. The van der Waals surface area contributed by atoms with E-state index in [9.17, 15) is 0 Å². The number of rotatable bonds is 6. The normalized spacial score (nSPS) is 11.3. The molecule has 1 aromatic heterocycles. The largest absolute Gasteiger partial charge is 0.356 e. The molecule has 0 bridgehead atoms. The topological polar surface area (TPSA) is 49.3 Å². The lowest BCUT2D eigenvalue weighted by atomic mass is 10.3. The SMILES string of the molecule is CCCCNC(=NC)NCCc1ccccn1. The first-order valence-electron chi connectivity index (χ1n) is 6.21. The Bertz CT molecular complexity index is 321. The molecule has 1 aromatic rings. The first-order valence-corrected chi connectivity index (χ1v) is 6.21. The van der Waals surface area contributed by atoms with Gasteiger partial charge in [0.15, 0.2) is 5.96 Å². The zero-order chi connectivity index (χ0) is 12.3. The molecule has 0 amide bonds. The van der Waals surface area contributed by atoms with Gasteiger partial charge >= 0.3 is 0 Å². The highest BCUT2D eigenvalue weighted by molar-refractivity contribution is 5.79. The maximum absolute atomic E-state index is 4.28. The van der Waals surface area contributed by atoms with Crippen LogP contribution in [0, 0.1) is 0 Å². The summed E-state index contributed by atoms with van der Waals surface area (Å²) in [6.07, 6.45) is 5.10. The molecule has 0 saturated heterocycles. The van der Waals surface area contributed by atoms with Crippen LogP contribution in [0.15, 0.2) is 29.4 Å². The lowest BCUT2D eigenvalue weighted by Gasteiger charge is -2.11. The number of hydrogen-bond donors (Lipinski definition) is 2. The molecule has 2 N–H and O–H groups in total. The minimum absolute atomic E-state index is 0.850. The number of unbranched alkanes of at least 4 members (excludes halogenated alkanes) is 1. The summed E-state index contributed by atoms with van der Waals surface area (Å²) >= 11 is 0. The van der Waals surface area contributed by atoms with Gasteiger partial charge in [0.05, 0.1) is 0 Å². The van der Waals surface area contributed by atoms with Gasteiger partial charge in [0.1, 0.15) is 0 Å². The number of aliphatic imine (C=N–C) groups is 1. The molecule has 0 spiro atoms. The number of nitrogens with one attached hydrogen (secondary N) is 2. The Morgan fingerprint density at radius 1 is 1.29 bits per heavy atom. The summed E-state index contributed by atoms with van der Waals surface area (Å²) in [4.78, 5) is 8.44. The smallest absolute Gasteiger partial charge is 0.190 e. The second-order valence-electron chi connectivity index (χ2n) is 3.85. The average molecular weight is 234 g/mol. The van der Waals surface area contributed by atoms with Crippen molar-refractivity contribution in [2.24, 2.45) is 4.99 Å². The highest BCUT2D eigenvalue weighted by Gasteiger charge is 1.97. The molecule has 1 heterocycles. The third-order valence-corrected chi connectivity index (χ3v) is 2.45. The van der Waals surface area contributed by atoms with Crippen LogP contribution in [-0.4, -0.2) is 31.1 Å². The quantitative estimate of drug-likeness (QED) is 0.446. The lowest BCUT2D eigenvalue weighted by Crippen LogP contribution is -2.38. The van der Waals surface area contributed by atoms with Gasteiger partial charge in [-0.3, -0.25) is 9.98 Å². The van der Waals surface area contributed by atoms with Crippen LogP contribution in [-0.2, 0) is 6.42 Å². The van der Waals surface area contributed by atoms with Gasteiger partial charge in [-0.25, -0.2) is 0 Å². The molecule has 0 aliphatic heterocycles. The molecule has 0 aromatic carbocycles. The van der Waals surface area contributed by atoms with Crippen LogP contribution in [0.25, 0.3) is 0 Å². The van der Waals surface area contributed by atoms with Gasteiger partial charge in [-0.1, -0.05) is 19.4 Å². The molecule has 17 heavy (non-hydrogen) atoms. The second kappa shape index (κ2) is 8.56. The Morgan fingerprint density at radius 2 is 2.12 bits per heavy atom. The number of nitrogens with zero attached hydrogens (tertiary/aromatic N) is 2. The highest BCUT2D eigenvalue weighted by atomic mass is 15.2. The van der Waals surface area contributed by atoms with E-state index in [0.717, 1.165) is 31.2 Å². The van der Waals surface area contributed by atoms with Crippen molar-refractivity contribution in [3.63, 3.8) is 0 Å². The van der Waals surface area contributed by atoms with Crippen molar-refractivity contribution in [2.75, 3.05) is 20.1 Å². The molecule has 0 atom stereocenters. The fourth-order valence-corrected chi connectivity index (χ4v) is 1.46. The minimum atomic E-state index is 0.850. The second-order valence-corrected chi connectivity index (χ2v) is 3.85. The highest BCUT2D eigenvalue weighted by Crippen LogP contribution is 1.92. The lowest BCUT2D eigenvalue weighted by molar-refractivity contribution is 0.724. The van der Waals surface area contributed by atoms with Crippen LogP contribution in [0.1, 0.15) is 25.5 Å². The summed E-state index contributed by atoms with van der Waals surface area (Å²) < 4.78 is 0. The maximum atomic E-state index is 4.28. The molecule has 94 valence electrons. The summed E-state index contributed by atoms with van der Waals surface area (Å²) in [5.41, 5.74) is 1.10. The van der Waals surface area contributed by atoms with Crippen molar-refractivity contribution in [1.82, 2.24) is 15.6 Å². The average Bonchev–Trinajstić information content (AvgIpc) is 2.38. The summed E-state index contributed by atoms with van der Waals surface area (Å²) in [6.45, 7) is 4.00. The van der Waals surface area contributed by atoms with Gasteiger partial charge in [-0.15, -0.1) is 0 Å². The molecule has 0 fully saturated rings. The Kier molecular flexibility index (Phi) is 6.79. The van der Waals surface area contributed by atoms with E-state index in [0.29, 0.717) is 0 Å². The Labute approximate surface area is 104 Å². The standard InChI is InChI=1S/C13H22N4/c1-3-4-9-16-13(14-2)17-11-8-12-7-5-6-10-15-12/h5-7,10H,3-4,8-9,11H2,1-2H3,(H2,14,16,17). The predicted octanol–water partition coefficient (Wildman–Crippen LogP) is 1.59. The van der Waals surface area contributed by atoms with Crippen LogP contribution in [0.4, 0.5) is 0 Å². The Hall–Kier alpha value is -1.58.